The Morgan fingerprint density at radius 2 is 2.13 bits per heavy atom. The van der Waals surface area contributed by atoms with Gasteiger partial charge in [-0.25, -0.2) is 4.98 Å². The van der Waals surface area contributed by atoms with Crippen LogP contribution in [-0.2, 0) is 0 Å². The monoisotopic (exact) mass is 330 g/mol. The zero-order chi connectivity index (χ0) is 16.7. The van der Waals surface area contributed by atoms with Crippen molar-refractivity contribution in [2.75, 3.05) is 12.9 Å². The summed E-state index contributed by atoms with van der Waals surface area (Å²) in [6, 6.07) is 8.09. The van der Waals surface area contributed by atoms with Gasteiger partial charge in [-0.15, -0.1) is 11.8 Å². The van der Waals surface area contributed by atoms with Crippen molar-refractivity contribution in [1.82, 2.24) is 4.98 Å². The molecule has 2 rings (SSSR count). The second kappa shape index (κ2) is 8.58. The average molecular weight is 330 g/mol. The summed E-state index contributed by atoms with van der Waals surface area (Å²) in [4.78, 5) is 9.30. The van der Waals surface area contributed by atoms with Crippen LogP contribution in [0.3, 0.4) is 0 Å². The van der Waals surface area contributed by atoms with Gasteiger partial charge >= 0.3 is 0 Å². The third-order valence-corrected chi connectivity index (χ3v) is 4.60. The van der Waals surface area contributed by atoms with Crippen molar-refractivity contribution in [3.8, 4) is 5.75 Å². The van der Waals surface area contributed by atoms with E-state index >= 15 is 0 Å². The third kappa shape index (κ3) is 4.48. The first kappa shape index (κ1) is 17.3. The molecule has 1 aromatic heterocycles. The van der Waals surface area contributed by atoms with E-state index in [1.807, 2.05) is 25.3 Å². The molecule has 0 N–H and O–H groups in total. The molecule has 1 atom stereocenters. The summed E-state index contributed by atoms with van der Waals surface area (Å²) in [6.45, 7) is 8.12. The topological polar surface area (TPSA) is 47.6 Å². The molecule has 0 bridgehead atoms. The Balaban J connectivity index is 2.06. The first-order valence-corrected chi connectivity index (χ1v) is 8.74. The summed E-state index contributed by atoms with van der Waals surface area (Å²) >= 11 is 1.63. The highest BCUT2D eigenvalue weighted by molar-refractivity contribution is 8.02. The second-order valence-corrected chi connectivity index (χ2v) is 5.96. The SMILES string of the molecule is C=N/C(C)=C(/COc1ccc(C(CC)c2ncco2)cc1)SC. The summed E-state index contributed by atoms with van der Waals surface area (Å²) in [5, 5.41) is 0. The standard InChI is InChI=1S/C18H22N2O2S/c1-5-16(18-20-10-11-21-18)14-6-8-15(9-7-14)22-12-17(23-4)13(2)19-3/h6-11,16H,3,5,12H2,1-2,4H3/b17-13-. The maximum absolute atomic E-state index is 5.84. The maximum Gasteiger partial charge on any atom is 0.201 e. The lowest BCUT2D eigenvalue weighted by atomic mass is 9.96. The minimum atomic E-state index is 0.174. The Bertz CT molecular complexity index is 648. The molecule has 1 aromatic carbocycles. The molecule has 0 fully saturated rings. The Kier molecular flexibility index (Phi) is 6.47. The molecule has 23 heavy (non-hydrogen) atoms. The Morgan fingerprint density at radius 1 is 1.39 bits per heavy atom. The highest BCUT2D eigenvalue weighted by atomic mass is 32.2. The number of thioether (sulfide) groups is 1. The van der Waals surface area contributed by atoms with Gasteiger partial charge in [0.25, 0.3) is 0 Å². The van der Waals surface area contributed by atoms with Crippen molar-refractivity contribution < 1.29 is 9.15 Å². The molecule has 0 aliphatic rings. The minimum Gasteiger partial charge on any atom is -0.488 e. The number of hydrogen-bond acceptors (Lipinski definition) is 5. The molecule has 2 aromatic rings. The van der Waals surface area contributed by atoms with Crippen LogP contribution in [0.5, 0.6) is 5.75 Å². The average Bonchev–Trinajstić information content (AvgIpc) is 3.11. The number of oxazole rings is 1. The van der Waals surface area contributed by atoms with E-state index < -0.39 is 0 Å². The summed E-state index contributed by atoms with van der Waals surface area (Å²) < 4.78 is 11.3. The highest BCUT2D eigenvalue weighted by Crippen LogP contribution is 2.28. The number of allylic oxidation sites excluding steroid dienone is 1. The minimum absolute atomic E-state index is 0.174. The molecular weight excluding hydrogens is 308 g/mol. The number of rotatable bonds is 8. The van der Waals surface area contributed by atoms with Crippen molar-refractivity contribution in [3.63, 3.8) is 0 Å². The fourth-order valence-corrected chi connectivity index (χ4v) is 2.84. The van der Waals surface area contributed by atoms with Gasteiger partial charge in [0.2, 0.25) is 5.89 Å². The van der Waals surface area contributed by atoms with Crippen LogP contribution < -0.4 is 4.74 Å². The van der Waals surface area contributed by atoms with Crippen LogP contribution in [0.2, 0.25) is 0 Å². The first-order chi connectivity index (χ1) is 11.2. The van der Waals surface area contributed by atoms with Gasteiger partial charge < -0.3 is 9.15 Å². The largest absolute Gasteiger partial charge is 0.488 e. The molecule has 1 unspecified atom stereocenters. The quantitative estimate of drug-likeness (QED) is 0.647. The van der Waals surface area contributed by atoms with Crippen LogP contribution in [0.15, 0.2) is 56.7 Å². The van der Waals surface area contributed by atoms with Crippen molar-refractivity contribution >= 4 is 18.5 Å². The summed E-state index contributed by atoms with van der Waals surface area (Å²) in [6.07, 6.45) is 6.24. The lowest BCUT2D eigenvalue weighted by Crippen LogP contribution is -2.02. The molecule has 0 saturated carbocycles. The van der Waals surface area contributed by atoms with E-state index in [4.69, 9.17) is 9.15 Å². The van der Waals surface area contributed by atoms with Crippen LogP contribution in [0, 0.1) is 0 Å². The second-order valence-electron chi connectivity index (χ2n) is 5.06. The molecule has 5 heteroatoms. The first-order valence-electron chi connectivity index (χ1n) is 7.52. The van der Waals surface area contributed by atoms with E-state index in [2.05, 4.69) is 35.8 Å². The molecule has 0 saturated heterocycles. The van der Waals surface area contributed by atoms with Gasteiger partial charge in [0.15, 0.2) is 0 Å². The van der Waals surface area contributed by atoms with Crippen molar-refractivity contribution in [3.05, 3.63) is 58.8 Å². The maximum atomic E-state index is 5.84. The van der Waals surface area contributed by atoms with Crippen LogP contribution in [0.4, 0.5) is 0 Å². The molecule has 1 heterocycles. The number of aliphatic imine (C=N–C) groups is 1. The van der Waals surface area contributed by atoms with E-state index in [1.165, 1.54) is 5.56 Å². The molecule has 0 spiro atoms. The van der Waals surface area contributed by atoms with E-state index in [1.54, 1.807) is 24.2 Å². The number of hydrogen-bond donors (Lipinski definition) is 0. The molecule has 0 aliphatic heterocycles. The molecular formula is C18H22N2O2S. The number of ether oxygens (including phenoxy) is 1. The van der Waals surface area contributed by atoms with Gasteiger partial charge in [0.05, 0.1) is 12.1 Å². The molecule has 0 amide bonds. The normalized spacial score (nSPS) is 13.3. The van der Waals surface area contributed by atoms with Crippen molar-refractivity contribution in [2.45, 2.75) is 26.2 Å². The van der Waals surface area contributed by atoms with Gasteiger partial charge in [-0.2, -0.15) is 0 Å². The van der Waals surface area contributed by atoms with E-state index in [-0.39, 0.29) is 5.92 Å². The van der Waals surface area contributed by atoms with Gasteiger partial charge in [-0.1, -0.05) is 19.1 Å². The van der Waals surface area contributed by atoms with Crippen LogP contribution in [0.25, 0.3) is 0 Å². The highest BCUT2D eigenvalue weighted by Gasteiger charge is 2.16. The zero-order valence-electron chi connectivity index (χ0n) is 13.8. The predicted octanol–water partition coefficient (Wildman–Crippen LogP) is 4.89. The fourth-order valence-electron chi connectivity index (χ4n) is 2.30. The van der Waals surface area contributed by atoms with Gasteiger partial charge in [0, 0.05) is 10.6 Å². The van der Waals surface area contributed by atoms with E-state index in [0.29, 0.717) is 6.61 Å². The number of benzene rings is 1. The Hall–Kier alpha value is -2.01. The van der Waals surface area contributed by atoms with Crippen LogP contribution in [-0.4, -0.2) is 24.6 Å². The fraction of sp³-hybridized carbons (Fsp3) is 0.333. The number of nitrogens with zero attached hydrogens (tertiary/aromatic N) is 2. The lowest BCUT2D eigenvalue weighted by molar-refractivity contribution is 0.358. The van der Waals surface area contributed by atoms with Crippen molar-refractivity contribution in [1.29, 1.82) is 0 Å². The van der Waals surface area contributed by atoms with E-state index in [0.717, 1.165) is 28.7 Å². The molecule has 4 nitrogen and oxygen atoms in total. The Labute approximate surface area is 141 Å². The third-order valence-electron chi connectivity index (χ3n) is 3.70. The Morgan fingerprint density at radius 3 is 2.65 bits per heavy atom. The van der Waals surface area contributed by atoms with Gasteiger partial charge in [-0.05, 0) is 44.0 Å². The van der Waals surface area contributed by atoms with Crippen LogP contribution >= 0.6 is 11.8 Å². The summed E-state index contributed by atoms with van der Waals surface area (Å²) in [5.41, 5.74) is 2.08. The van der Waals surface area contributed by atoms with E-state index in [9.17, 15) is 0 Å². The van der Waals surface area contributed by atoms with Gasteiger partial charge in [0.1, 0.15) is 18.6 Å². The van der Waals surface area contributed by atoms with Crippen LogP contribution in [0.1, 0.15) is 37.6 Å². The molecule has 0 radical (unpaired) electrons. The number of aromatic nitrogens is 1. The van der Waals surface area contributed by atoms with Gasteiger partial charge in [-0.3, -0.25) is 4.99 Å². The van der Waals surface area contributed by atoms with Crippen molar-refractivity contribution in [2.24, 2.45) is 4.99 Å². The summed E-state index contributed by atoms with van der Waals surface area (Å²) in [5.74, 6) is 1.76. The summed E-state index contributed by atoms with van der Waals surface area (Å²) in [7, 11) is 0. The zero-order valence-corrected chi connectivity index (χ0v) is 14.6. The molecule has 0 aliphatic carbocycles. The predicted molar refractivity (Wildman–Crippen MR) is 96.3 cm³/mol. The molecule has 122 valence electrons. The lowest BCUT2D eigenvalue weighted by Gasteiger charge is -2.13. The smallest absolute Gasteiger partial charge is 0.201 e.